The number of amides is 1. The summed E-state index contributed by atoms with van der Waals surface area (Å²) in [7, 11) is 0. The molecule has 1 aromatic rings. The molecule has 1 N–H and O–H groups in total. The van der Waals surface area contributed by atoms with Crippen LogP contribution in [0.2, 0.25) is 0 Å². The van der Waals surface area contributed by atoms with Crippen molar-refractivity contribution in [3.63, 3.8) is 0 Å². The lowest BCUT2D eigenvalue weighted by molar-refractivity contribution is -0.313. The minimum atomic E-state index is -1.29. The van der Waals surface area contributed by atoms with Gasteiger partial charge in [-0.1, -0.05) is 45.2 Å². The molecular weight excluding hydrogens is 310 g/mol. The lowest BCUT2D eigenvalue weighted by Gasteiger charge is -2.24. The Kier molecular flexibility index (Phi) is 7.95. The number of carbonyl (C=O) groups is 3. The van der Waals surface area contributed by atoms with E-state index in [0.29, 0.717) is 12.1 Å². The van der Waals surface area contributed by atoms with Crippen LogP contribution in [0.5, 0.6) is 0 Å². The van der Waals surface area contributed by atoms with Crippen LogP contribution in [-0.2, 0) is 9.59 Å². The Bertz CT molecular complexity index is 567. The molecule has 6 heteroatoms. The van der Waals surface area contributed by atoms with Crippen LogP contribution in [-0.4, -0.2) is 17.8 Å². The zero-order valence-electron chi connectivity index (χ0n) is 14.0. The van der Waals surface area contributed by atoms with Crippen molar-refractivity contribution in [3.8, 4) is 0 Å². The van der Waals surface area contributed by atoms with Gasteiger partial charge in [-0.3, -0.25) is 4.79 Å². The highest BCUT2D eigenvalue weighted by molar-refractivity contribution is 5.92. The van der Waals surface area contributed by atoms with Crippen LogP contribution >= 0.6 is 0 Å². The largest absolute Gasteiger partial charge is 0.550 e. The highest BCUT2D eigenvalue weighted by atomic mass is 16.4. The number of nitrogens with one attached hydrogen (secondary N) is 1. The highest BCUT2D eigenvalue weighted by Crippen LogP contribution is 2.22. The molecular formula is C18H23NO5-2. The smallest absolute Gasteiger partial charge is 0.224 e. The summed E-state index contributed by atoms with van der Waals surface area (Å²) in [5.41, 5.74) is 0.475. The fraction of sp³-hybridized carbons (Fsp3) is 0.500. The van der Waals surface area contributed by atoms with Gasteiger partial charge in [0, 0.05) is 24.0 Å². The van der Waals surface area contributed by atoms with Crippen LogP contribution in [0.4, 0.5) is 5.69 Å². The molecule has 0 unspecified atom stereocenters. The number of carboxylic acids is 2. The molecule has 0 bridgehead atoms. The second-order valence-corrected chi connectivity index (χ2v) is 6.02. The van der Waals surface area contributed by atoms with E-state index in [9.17, 15) is 24.6 Å². The highest BCUT2D eigenvalue weighted by Gasteiger charge is 2.21. The van der Waals surface area contributed by atoms with Gasteiger partial charge in [0.25, 0.3) is 0 Å². The maximum atomic E-state index is 12.0. The normalized spacial score (nSPS) is 13.1. The van der Waals surface area contributed by atoms with Gasteiger partial charge in [-0.2, -0.15) is 0 Å². The molecule has 24 heavy (non-hydrogen) atoms. The summed E-state index contributed by atoms with van der Waals surface area (Å²) in [6.45, 7) is 3.77. The van der Waals surface area contributed by atoms with Crippen molar-refractivity contribution in [3.05, 3.63) is 29.8 Å². The predicted octanol–water partition coefficient (Wildman–Crippen LogP) is 0.961. The maximum Gasteiger partial charge on any atom is 0.224 e. The lowest BCUT2D eigenvalue weighted by atomic mass is 9.86. The van der Waals surface area contributed by atoms with Crippen molar-refractivity contribution in [2.24, 2.45) is 11.8 Å². The van der Waals surface area contributed by atoms with Gasteiger partial charge in [0.15, 0.2) is 0 Å². The molecule has 0 saturated heterocycles. The molecule has 2 atom stereocenters. The average Bonchev–Trinajstić information content (AvgIpc) is 2.51. The Morgan fingerprint density at radius 2 is 1.71 bits per heavy atom. The fourth-order valence-corrected chi connectivity index (χ4v) is 2.59. The monoisotopic (exact) mass is 333 g/mol. The number of rotatable bonds is 10. The van der Waals surface area contributed by atoms with Crippen LogP contribution in [0.1, 0.15) is 56.3 Å². The van der Waals surface area contributed by atoms with Crippen LogP contribution in [0.25, 0.3) is 0 Å². The van der Waals surface area contributed by atoms with E-state index in [0.717, 1.165) is 19.3 Å². The Morgan fingerprint density at radius 3 is 2.21 bits per heavy atom. The van der Waals surface area contributed by atoms with Crippen LogP contribution < -0.4 is 15.5 Å². The van der Waals surface area contributed by atoms with Crippen molar-refractivity contribution in [2.45, 2.75) is 46.0 Å². The molecule has 0 saturated carbocycles. The van der Waals surface area contributed by atoms with E-state index in [4.69, 9.17) is 0 Å². The number of benzene rings is 1. The molecule has 0 heterocycles. The van der Waals surface area contributed by atoms with E-state index >= 15 is 0 Å². The zero-order valence-corrected chi connectivity index (χ0v) is 14.0. The van der Waals surface area contributed by atoms with Gasteiger partial charge in [-0.25, -0.2) is 0 Å². The molecule has 1 rings (SSSR count). The van der Waals surface area contributed by atoms with Crippen molar-refractivity contribution >= 4 is 23.5 Å². The van der Waals surface area contributed by atoms with Crippen LogP contribution in [0, 0.1) is 11.8 Å². The van der Waals surface area contributed by atoms with Gasteiger partial charge in [0.1, 0.15) is 0 Å². The van der Waals surface area contributed by atoms with Crippen molar-refractivity contribution in [1.29, 1.82) is 0 Å². The second-order valence-electron chi connectivity index (χ2n) is 6.02. The van der Waals surface area contributed by atoms with Crippen LogP contribution in [0.15, 0.2) is 24.3 Å². The molecule has 132 valence electrons. The first-order valence-corrected chi connectivity index (χ1v) is 8.17. The van der Waals surface area contributed by atoms with E-state index in [2.05, 4.69) is 5.32 Å². The molecule has 6 nitrogen and oxygen atoms in total. The fourth-order valence-electron chi connectivity index (χ4n) is 2.59. The van der Waals surface area contributed by atoms with Gasteiger partial charge in [0.05, 0.1) is 5.97 Å². The van der Waals surface area contributed by atoms with E-state index < -0.39 is 17.9 Å². The SMILES string of the molecule is CCCCC[C@H](C(=O)[O-])[C@H](C)CC(=O)Nc1ccc(C(=O)[O-])cc1. The summed E-state index contributed by atoms with van der Waals surface area (Å²) in [6, 6.07) is 5.60. The first kappa shape index (κ1) is 19.7. The number of carbonyl (C=O) groups excluding carboxylic acids is 3. The second kappa shape index (κ2) is 9.70. The summed E-state index contributed by atoms with van der Waals surface area (Å²) in [6.07, 6.45) is 3.31. The predicted molar refractivity (Wildman–Crippen MR) is 85.8 cm³/mol. The minimum Gasteiger partial charge on any atom is -0.550 e. The third-order valence-electron chi connectivity index (χ3n) is 4.02. The Balaban J connectivity index is 2.57. The van der Waals surface area contributed by atoms with Gasteiger partial charge >= 0.3 is 0 Å². The van der Waals surface area contributed by atoms with Crippen LogP contribution in [0.3, 0.4) is 0 Å². The zero-order chi connectivity index (χ0) is 18.1. The molecule has 0 aliphatic heterocycles. The summed E-state index contributed by atoms with van der Waals surface area (Å²) >= 11 is 0. The molecule has 0 aliphatic carbocycles. The molecule has 0 fully saturated rings. The summed E-state index contributed by atoms with van der Waals surface area (Å²) in [5, 5.41) is 24.6. The Hall–Kier alpha value is -2.37. The number of hydrogen-bond donors (Lipinski definition) is 1. The molecule has 1 aromatic carbocycles. The number of hydrogen-bond acceptors (Lipinski definition) is 5. The van der Waals surface area contributed by atoms with E-state index in [1.54, 1.807) is 6.92 Å². The van der Waals surface area contributed by atoms with Crippen molar-refractivity contribution in [1.82, 2.24) is 0 Å². The number of aromatic carboxylic acids is 1. The van der Waals surface area contributed by atoms with Gasteiger partial charge < -0.3 is 25.1 Å². The molecule has 1 amide bonds. The first-order valence-electron chi connectivity index (χ1n) is 8.17. The van der Waals surface area contributed by atoms with Gasteiger partial charge in [-0.15, -0.1) is 0 Å². The summed E-state index contributed by atoms with van der Waals surface area (Å²) in [4.78, 5) is 34.0. The van der Waals surface area contributed by atoms with Gasteiger partial charge in [0.2, 0.25) is 5.91 Å². The molecule has 0 radical (unpaired) electrons. The molecule has 0 aliphatic rings. The topological polar surface area (TPSA) is 109 Å². The number of anilines is 1. The average molecular weight is 333 g/mol. The Morgan fingerprint density at radius 1 is 1.08 bits per heavy atom. The third-order valence-corrected chi connectivity index (χ3v) is 4.02. The van der Waals surface area contributed by atoms with E-state index in [1.807, 2.05) is 6.92 Å². The first-order chi connectivity index (χ1) is 11.3. The summed E-state index contributed by atoms with van der Waals surface area (Å²) < 4.78 is 0. The van der Waals surface area contributed by atoms with Crippen molar-refractivity contribution in [2.75, 3.05) is 5.32 Å². The summed E-state index contributed by atoms with van der Waals surface area (Å²) in [5.74, 6) is -3.71. The lowest BCUT2D eigenvalue weighted by Crippen LogP contribution is -2.36. The number of aliphatic carboxylic acids is 1. The quantitative estimate of drug-likeness (QED) is 0.641. The molecule has 0 aromatic heterocycles. The minimum absolute atomic E-state index is 0.0225. The van der Waals surface area contributed by atoms with Crippen molar-refractivity contribution < 1.29 is 24.6 Å². The van der Waals surface area contributed by atoms with E-state index in [-0.39, 0.29) is 23.8 Å². The standard InChI is InChI=1S/C18H25NO5/c1-3-4-5-6-15(18(23)24)12(2)11-16(20)19-14-9-7-13(8-10-14)17(21)22/h7-10,12,15H,3-6,11H2,1-2H3,(H,19,20)(H,21,22)(H,23,24)/p-2/t12-,15+/m1/s1. The Labute approximate surface area is 141 Å². The number of carboxylic acid groups (broad SMARTS) is 2. The van der Waals surface area contributed by atoms with E-state index in [1.165, 1.54) is 24.3 Å². The maximum absolute atomic E-state index is 12.0. The molecule has 0 spiro atoms. The number of unbranched alkanes of at least 4 members (excludes halogenated alkanes) is 2. The van der Waals surface area contributed by atoms with Gasteiger partial charge in [-0.05, 0) is 30.0 Å². The third kappa shape index (κ3) is 6.40.